The highest BCUT2D eigenvalue weighted by atomic mass is 79.9. The standard InChI is InChI=1S/C30H34BrNO7/c1-7-10-39-30(34)27-16(2)32-21-11-18(17-8-9-23(35-3)24(13-17)36-4)12-22(33)29(21)28(27)19-14-25(37-5)26(38-6)15-20(19)31/h8-9,13-15,18,28,32H,7,10-12H2,1-6H3/t18-,28-/m1/s1. The van der Waals surface area contributed by atoms with Crippen LogP contribution >= 0.6 is 15.9 Å². The van der Waals surface area contributed by atoms with Crippen LogP contribution in [0.3, 0.4) is 0 Å². The van der Waals surface area contributed by atoms with Crippen molar-refractivity contribution < 1.29 is 33.3 Å². The number of ether oxygens (including phenoxy) is 5. The zero-order chi connectivity index (χ0) is 28.3. The number of nitrogens with one attached hydrogen (secondary N) is 1. The Morgan fingerprint density at radius 1 is 0.949 bits per heavy atom. The summed E-state index contributed by atoms with van der Waals surface area (Å²) >= 11 is 3.66. The molecule has 1 aliphatic carbocycles. The van der Waals surface area contributed by atoms with Crippen LogP contribution in [0.4, 0.5) is 0 Å². The number of allylic oxidation sites excluding steroid dienone is 3. The average molecular weight is 601 g/mol. The maximum absolute atomic E-state index is 14.0. The molecule has 1 heterocycles. The molecule has 2 aliphatic rings. The van der Waals surface area contributed by atoms with Gasteiger partial charge < -0.3 is 29.0 Å². The summed E-state index contributed by atoms with van der Waals surface area (Å²) in [6.07, 6.45) is 1.57. The summed E-state index contributed by atoms with van der Waals surface area (Å²) in [5, 5.41) is 3.39. The van der Waals surface area contributed by atoms with Gasteiger partial charge in [-0.2, -0.15) is 0 Å². The maximum atomic E-state index is 14.0. The van der Waals surface area contributed by atoms with Gasteiger partial charge in [-0.25, -0.2) is 4.79 Å². The predicted octanol–water partition coefficient (Wildman–Crippen LogP) is 5.80. The number of benzene rings is 2. The quantitative estimate of drug-likeness (QED) is 0.362. The average Bonchev–Trinajstić information content (AvgIpc) is 2.94. The minimum Gasteiger partial charge on any atom is -0.493 e. The van der Waals surface area contributed by atoms with Crippen molar-refractivity contribution in [2.24, 2.45) is 0 Å². The molecule has 2 aromatic carbocycles. The molecule has 9 heteroatoms. The molecule has 208 valence electrons. The number of methoxy groups -OCH3 is 4. The van der Waals surface area contributed by atoms with E-state index in [9.17, 15) is 9.59 Å². The third kappa shape index (κ3) is 5.50. The molecule has 0 radical (unpaired) electrons. The van der Waals surface area contributed by atoms with Crippen molar-refractivity contribution >= 4 is 27.7 Å². The van der Waals surface area contributed by atoms with Crippen molar-refractivity contribution in [3.63, 3.8) is 0 Å². The fraction of sp³-hybridized carbons (Fsp3) is 0.400. The summed E-state index contributed by atoms with van der Waals surface area (Å²) in [5.41, 5.74) is 4.13. The molecular weight excluding hydrogens is 566 g/mol. The van der Waals surface area contributed by atoms with Gasteiger partial charge in [-0.3, -0.25) is 4.79 Å². The lowest BCUT2D eigenvalue weighted by Crippen LogP contribution is -2.36. The van der Waals surface area contributed by atoms with E-state index >= 15 is 0 Å². The fourth-order valence-electron chi connectivity index (χ4n) is 5.33. The number of carbonyl (C=O) groups excluding carboxylic acids is 2. The van der Waals surface area contributed by atoms with Crippen LogP contribution in [0.15, 0.2) is 57.3 Å². The highest BCUT2D eigenvalue weighted by Crippen LogP contribution is 2.49. The van der Waals surface area contributed by atoms with E-state index < -0.39 is 11.9 Å². The number of rotatable bonds is 9. The maximum Gasteiger partial charge on any atom is 0.336 e. The number of Topliss-reactive ketones (excluding diaryl/α,β-unsaturated/α-hetero) is 1. The largest absolute Gasteiger partial charge is 0.493 e. The number of hydrogen-bond donors (Lipinski definition) is 1. The van der Waals surface area contributed by atoms with E-state index in [-0.39, 0.29) is 24.7 Å². The first-order valence-electron chi connectivity index (χ1n) is 12.8. The van der Waals surface area contributed by atoms with Crippen molar-refractivity contribution in [2.75, 3.05) is 35.0 Å². The number of hydrogen-bond acceptors (Lipinski definition) is 8. The van der Waals surface area contributed by atoms with Gasteiger partial charge in [-0.1, -0.05) is 28.9 Å². The molecule has 1 aliphatic heterocycles. The van der Waals surface area contributed by atoms with E-state index in [1.165, 1.54) is 0 Å². The molecule has 2 atom stereocenters. The van der Waals surface area contributed by atoms with Crippen molar-refractivity contribution in [2.45, 2.75) is 44.9 Å². The molecule has 0 amide bonds. The number of ketones is 1. The van der Waals surface area contributed by atoms with Gasteiger partial charge >= 0.3 is 5.97 Å². The molecule has 4 rings (SSSR count). The lowest BCUT2D eigenvalue weighted by atomic mass is 9.71. The van der Waals surface area contributed by atoms with Gasteiger partial charge in [0.25, 0.3) is 0 Å². The first-order valence-corrected chi connectivity index (χ1v) is 13.6. The van der Waals surface area contributed by atoms with Crippen LogP contribution in [-0.2, 0) is 14.3 Å². The number of halogens is 1. The Bertz CT molecular complexity index is 1350. The molecule has 2 aromatic rings. The molecule has 0 bridgehead atoms. The van der Waals surface area contributed by atoms with E-state index in [1.54, 1.807) is 34.5 Å². The summed E-state index contributed by atoms with van der Waals surface area (Å²) < 4.78 is 28.2. The van der Waals surface area contributed by atoms with Crippen LogP contribution in [0, 0.1) is 0 Å². The van der Waals surface area contributed by atoms with Crippen LogP contribution in [0.25, 0.3) is 0 Å². The summed E-state index contributed by atoms with van der Waals surface area (Å²) in [6.45, 7) is 4.07. The zero-order valence-corrected chi connectivity index (χ0v) is 24.7. The lowest BCUT2D eigenvalue weighted by Gasteiger charge is -2.37. The molecular formula is C30H34BrNO7. The summed E-state index contributed by atoms with van der Waals surface area (Å²) in [7, 11) is 6.30. The van der Waals surface area contributed by atoms with Gasteiger partial charge in [-0.15, -0.1) is 0 Å². The minimum atomic E-state index is -0.640. The van der Waals surface area contributed by atoms with Crippen LogP contribution in [0.2, 0.25) is 0 Å². The second-order valence-corrected chi connectivity index (χ2v) is 10.4. The van der Waals surface area contributed by atoms with Crippen LogP contribution in [0.1, 0.15) is 56.1 Å². The molecule has 1 N–H and O–H groups in total. The van der Waals surface area contributed by atoms with Crippen LogP contribution < -0.4 is 24.3 Å². The zero-order valence-electron chi connectivity index (χ0n) is 23.1. The van der Waals surface area contributed by atoms with Crippen LogP contribution in [0.5, 0.6) is 23.0 Å². The van der Waals surface area contributed by atoms with Gasteiger partial charge in [0.05, 0.1) is 40.6 Å². The van der Waals surface area contributed by atoms with Gasteiger partial charge in [0, 0.05) is 33.8 Å². The summed E-state index contributed by atoms with van der Waals surface area (Å²) in [6, 6.07) is 9.35. The molecule has 8 nitrogen and oxygen atoms in total. The lowest BCUT2D eigenvalue weighted by molar-refractivity contribution is -0.139. The third-order valence-corrected chi connectivity index (χ3v) is 7.86. The normalized spacial score (nSPS) is 18.8. The molecule has 0 saturated heterocycles. The van der Waals surface area contributed by atoms with E-state index in [1.807, 2.05) is 38.1 Å². The number of dihydropyridines is 1. The van der Waals surface area contributed by atoms with Gasteiger partial charge in [0.1, 0.15) is 0 Å². The Balaban J connectivity index is 1.83. The smallest absolute Gasteiger partial charge is 0.336 e. The SMILES string of the molecule is CCCOC(=O)C1=C(C)NC2=C(C(=O)C[C@H](c3ccc(OC)c(OC)c3)C2)[C@@H]1c1cc(OC)c(OC)cc1Br. The molecule has 0 unspecified atom stereocenters. The van der Waals surface area contributed by atoms with E-state index in [2.05, 4.69) is 21.2 Å². The Morgan fingerprint density at radius 3 is 2.23 bits per heavy atom. The van der Waals surface area contributed by atoms with E-state index in [0.717, 1.165) is 16.8 Å². The molecule has 0 spiro atoms. The van der Waals surface area contributed by atoms with Crippen molar-refractivity contribution in [1.82, 2.24) is 5.32 Å². The van der Waals surface area contributed by atoms with E-state index in [0.29, 0.717) is 57.2 Å². The topological polar surface area (TPSA) is 92.3 Å². The molecule has 0 saturated carbocycles. The molecule has 0 aromatic heterocycles. The summed E-state index contributed by atoms with van der Waals surface area (Å²) in [5.74, 6) is 1.09. The van der Waals surface area contributed by atoms with Gasteiger partial charge in [-0.05, 0) is 61.1 Å². The third-order valence-electron chi connectivity index (χ3n) is 7.18. The highest BCUT2D eigenvalue weighted by Gasteiger charge is 2.42. The Hall–Kier alpha value is -3.46. The number of carbonyl (C=O) groups is 2. The number of esters is 1. The first-order chi connectivity index (χ1) is 18.8. The second-order valence-electron chi connectivity index (χ2n) is 9.50. The second kappa shape index (κ2) is 12.2. The monoisotopic (exact) mass is 599 g/mol. The summed E-state index contributed by atoms with van der Waals surface area (Å²) in [4.78, 5) is 27.3. The molecule has 0 fully saturated rings. The Kier molecular flexibility index (Phi) is 8.90. The van der Waals surface area contributed by atoms with E-state index in [4.69, 9.17) is 23.7 Å². The van der Waals surface area contributed by atoms with Crippen molar-refractivity contribution in [3.05, 3.63) is 68.5 Å². The Morgan fingerprint density at radius 2 is 1.59 bits per heavy atom. The van der Waals surface area contributed by atoms with Crippen molar-refractivity contribution in [3.8, 4) is 23.0 Å². The minimum absolute atomic E-state index is 0.0384. The van der Waals surface area contributed by atoms with Gasteiger partial charge in [0.15, 0.2) is 28.8 Å². The Labute approximate surface area is 237 Å². The predicted molar refractivity (Wildman–Crippen MR) is 151 cm³/mol. The van der Waals surface area contributed by atoms with Crippen LogP contribution in [-0.4, -0.2) is 46.8 Å². The van der Waals surface area contributed by atoms with Gasteiger partial charge in [0.2, 0.25) is 0 Å². The molecule has 39 heavy (non-hydrogen) atoms. The fourth-order valence-corrected chi connectivity index (χ4v) is 5.88. The first kappa shape index (κ1) is 28.5. The highest BCUT2D eigenvalue weighted by molar-refractivity contribution is 9.10. The van der Waals surface area contributed by atoms with Crippen molar-refractivity contribution in [1.29, 1.82) is 0 Å².